The van der Waals surface area contributed by atoms with E-state index in [1.807, 2.05) is 12.1 Å². The molecule has 21 heavy (non-hydrogen) atoms. The fourth-order valence-corrected chi connectivity index (χ4v) is 1.98. The normalized spacial score (nSPS) is 9.76. The Morgan fingerprint density at radius 3 is 2.62 bits per heavy atom. The van der Waals surface area contributed by atoms with Gasteiger partial charge in [0.2, 0.25) is 0 Å². The van der Waals surface area contributed by atoms with Crippen LogP contribution in [0.25, 0.3) is 0 Å². The molecule has 0 bridgehead atoms. The van der Waals surface area contributed by atoms with E-state index in [0.717, 1.165) is 5.56 Å². The lowest BCUT2D eigenvalue weighted by atomic mass is 10.1. The fraction of sp³-hybridized carbons (Fsp3) is 0.176. The standard InChI is InChI=1S/C17H15NO3/c1-12(19)15-5-3-4-6-17(15)21-11-13-7-8-16(20-2)14(9-13)10-18/h3-9H,11H2,1-2H3. The molecule has 0 saturated carbocycles. The smallest absolute Gasteiger partial charge is 0.163 e. The largest absolute Gasteiger partial charge is 0.495 e. The molecule has 2 rings (SSSR count). The monoisotopic (exact) mass is 281 g/mol. The van der Waals surface area contributed by atoms with Crippen LogP contribution in [-0.2, 0) is 6.61 Å². The third-order valence-corrected chi connectivity index (χ3v) is 3.05. The minimum Gasteiger partial charge on any atom is -0.495 e. The zero-order valence-corrected chi connectivity index (χ0v) is 11.9. The van der Waals surface area contributed by atoms with Gasteiger partial charge in [-0.2, -0.15) is 5.26 Å². The molecule has 0 unspecified atom stereocenters. The number of nitriles is 1. The lowest BCUT2D eigenvalue weighted by Crippen LogP contribution is -2.02. The van der Waals surface area contributed by atoms with Gasteiger partial charge < -0.3 is 9.47 Å². The number of nitrogens with zero attached hydrogens (tertiary/aromatic N) is 1. The Morgan fingerprint density at radius 2 is 1.95 bits per heavy atom. The van der Waals surface area contributed by atoms with E-state index in [0.29, 0.717) is 22.6 Å². The maximum absolute atomic E-state index is 11.5. The highest BCUT2D eigenvalue weighted by atomic mass is 16.5. The molecule has 0 aromatic heterocycles. The molecule has 2 aromatic carbocycles. The van der Waals surface area contributed by atoms with Crippen LogP contribution >= 0.6 is 0 Å². The lowest BCUT2D eigenvalue weighted by Gasteiger charge is -2.10. The van der Waals surface area contributed by atoms with Crippen molar-refractivity contribution in [3.8, 4) is 17.6 Å². The molecular weight excluding hydrogens is 266 g/mol. The molecule has 0 spiro atoms. The van der Waals surface area contributed by atoms with E-state index in [-0.39, 0.29) is 12.4 Å². The van der Waals surface area contributed by atoms with Crippen molar-refractivity contribution >= 4 is 5.78 Å². The van der Waals surface area contributed by atoms with Crippen LogP contribution in [0.15, 0.2) is 42.5 Å². The molecule has 0 atom stereocenters. The number of carbonyl (C=O) groups excluding carboxylic acids is 1. The first-order valence-electron chi connectivity index (χ1n) is 6.45. The molecule has 2 aromatic rings. The number of carbonyl (C=O) groups is 1. The minimum atomic E-state index is -0.0435. The minimum absolute atomic E-state index is 0.0435. The molecule has 0 heterocycles. The van der Waals surface area contributed by atoms with Crippen LogP contribution in [-0.4, -0.2) is 12.9 Å². The zero-order valence-electron chi connectivity index (χ0n) is 11.9. The highest BCUT2D eigenvalue weighted by molar-refractivity contribution is 5.96. The Kier molecular flexibility index (Phi) is 4.57. The Morgan fingerprint density at radius 1 is 1.19 bits per heavy atom. The lowest BCUT2D eigenvalue weighted by molar-refractivity contribution is 0.101. The Labute approximate surface area is 123 Å². The number of rotatable bonds is 5. The summed E-state index contributed by atoms with van der Waals surface area (Å²) in [5.41, 5.74) is 1.84. The Hall–Kier alpha value is -2.80. The van der Waals surface area contributed by atoms with Gasteiger partial charge in [-0.05, 0) is 36.8 Å². The molecule has 4 nitrogen and oxygen atoms in total. The molecule has 0 N–H and O–H groups in total. The number of benzene rings is 2. The summed E-state index contributed by atoms with van der Waals surface area (Å²) in [6.45, 7) is 1.78. The van der Waals surface area contributed by atoms with Crippen molar-refractivity contribution in [2.24, 2.45) is 0 Å². The summed E-state index contributed by atoms with van der Waals surface area (Å²) in [6, 6.07) is 14.5. The second kappa shape index (κ2) is 6.58. The van der Waals surface area contributed by atoms with E-state index in [2.05, 4.69) is 6.07 Å². The molecule has 0 radical (unpaired) electrons. The third-order valence-electron chi connectivity index (χ3n) is 3.05. The van der Waals surface area contributed by atoms with E-state index in [1.165, 1.54) is 14.0 Å². The van der Waals surface area contributed by atoms with Gasteiger partial charge in [0, 0.05) is 0 Å². The number of ketones is 1. The van der Waals surface area contributed by atoms with Crippen molar-refractivity contribution in [1.29, 1.82) is 5.26 Å². The summed E-state index contributed by atoms with van der Waals surface area (Å²) in [7, 11) is 1.52. The zero-order chi connectivity index (χ0) is 15.2. The summed E-state index contributed by atoms with van der Waals surface area (Å²) in [5, 5.41) is 9.06. The van der Waals surface area contributed by atoms with Gasteiger partial charge in [-0.3, -0.25) is 4.79 Å². The van der Waals surface area contributed by atoms with Gasteiger partial charge in [0.15, 0.2) is 5.78 Å². The highest BCUT2D eigenvalue weighted by Gasteiger charge is 2.08. The quantitative estimate of drug-likeness (QED) is 0.788. The summed E-state index contributed by atoms with van der Waals surface area (Å²) in [4.78, 5) is 11.5. The van der Waals surface area contributed by atoms with Crippen molar-refractivity contribution in [2.75, 3.05) is 7.11 Å². The van der Waals surface area contributed by atoms with E-state index in [9.17, 15) is 4.79 Å². The molecule has 0 saturated heterocycles. The van der Waals surface area contributed by atoms with Crippen molar-refractivity contribution in [2.45, 2.75) is 13.5 Å². The number of para-hydroxylation sites is 1. The molecule has 0 amide bonds. The predicted octanol–water partition coefficient (Wildman–Crippen LogP) is 3.35. The number of methoxy groups -OCH3 is 1. The highest BCUT2D eigenvalue weighted by Crippen LogP contribution is 2.22. The van der Waals surface area contributed by atoms with E-state index in [4.69, 9.17) is 14.7 Å². The van der Waals surface area contributed by atoms with Gasteiger partial charge in [-0.25, -0.2) is 0 Å². The fourth-order valence-electron chi connectivity index (χ4n) is 1.98. The van der Waals surface area contributed by atoms with Crippen molar-refractivity contribution in [1.82, 2.24) is 0 Å². The van der Waals surface area contributed by atoms with Crippen LogP contribution in [0.2, 0.25) is 0 Å². The van der Waals surface area contributed by atoms with Gasteiger partial charge in [0.25, 0.3) is 0 Å². The number of hydrogen-bond donors (Lipinski definition) is 0. The summed E-state index contributed by atoms with van der Waals surface area (Å²) >= 11 is 0. The van der Waals surface area contributed by atoms with Gasteiger partial charge >= 0.3 is 0 Å². The number of hydrogen-bond acceptors (Lipinski definition) is 4. The molecular formula is C17H15NO3. The first kappa shape index (κ1) is 14.6. The molecule has 0 fully saturated rings. The summed E-state index contributed by atoms with van der Waals surface area (Å²) in [5.74, 6) is 1.03. The predicted molar refractivity (Wildman–Crippen MR) is 78.5 cm³/mol. The van der Waals surface area contributed by atoms with E-state index < -0.39 is 0 Å². The van der Waals surface area contributed by atoms with Crippen LogP contribution in [0.5, 0.6) is 11.5 Å². The average Bonchev–Trinajstić information content (AvgIpc) is 2.52. The van der Waals surface area contributed by atoms with Crippen LogP contribution in [0.4, 0.5) is 0 Å². The van der Waals surface area contributed by atoms with Crippen LogP contribution in [0.1, 0.15) is 28.4 Å². The van der Waals surface area contributed by atoms with Crippen LogP contribution in [0, 0.1) is 11.3 Å². The molecule has 106 valence electrons. The van der Waals surface area contributed by atoms with Crippen molar-refractivity contribution in [3.63, 3.8) is 0 Å². The van der Waals surface area contributed by atoms with Crippen molar-refractivity contribution in [3.05, 3.63) is 59.2 Å². The average molecular weight is 281 g/mol. The topological polar surface area (TPSA) is 59.3 Å². The Balaban J connectivity index is 2.18. The van der Waals surface area contributed by atoms with Crippen LogP contribution < -0.4 is 9.47 Å². The number of ether oxygens (including phenoxy) is 2. The third kappa shape index (κ3) is 3.40. The summed E-state index contributed by atoms with van der Waals surface area (Å²) in [6.07, 6.45) is 0. The maximum Gasteiger partial charge on any atom is 0.163 e. The Bertz CT molecular complexity index is 701. The maximum atomic E-state index is 11.5. The van der Waals surface area contributed by atoms with Gasteiger partial charge in [-0.1, -0.05) is 18.2 Å². The van der Waals surface area contributed by atoms with Crippen LogP contribution in [0.3, 0.4) is 0 Å². The molecule has 0 aliphatic heterocycles. The SMILES string of the molecule is COc1ccc(COc2ccccc2C(C)=O)cc1C#N. The first-order valence-corrected chi connectivity index (χ1v) is 6.45. The molecule has 4 heteroatoms. The van der Waals surface area contributed by atoms with Crippen molar-refractivity contribution < 1.29 is 14.3 Å². The van der Waals surface area contributed by atoms with E-state index >= 15 is 0 Å². The second-order valence-corrected chi connectivity index (χ2v) is 4.49. The first-order chi connectivity index (χ1) is 10.2. The molecule has 0 aliphatic rings. The second-order valence-electron chi connectivity index (χ2n) is 4.49. The van der Waals surface area contributed by atoms with E-state index in [1.54, 1.807) is 30.3 Å². The number of Topliss-reactive ketones (excluding diaryl/α,β-unsaturated/α-hetero) is 1. The molecule has 0 aliphatic carbocycles. The van der Waals surface area contributed by atoms with Gasteiger partial charge in [0.05, 0.1) is 18.2 Å². The van der Waals surface area contributed by atoms with Gasteiger partial charge in [-0.15, -0.1) is 0 Å². The summed E-state index contributed by atoms with van der Waals surface area (Å²) < 4.78 is 10.8. The van der Waals surface area contributed by atoms with Gasteiger partial charge in [0.1, 0.15) is 24.2 Å².